The van der Waals surface area contributed by atoms with Crippen molar-refractivity contribution in [1.82, 2.24) is 14.7 Å². The van der Waals surface area contributed by atoms with Crippen molar-refractivity contribution in [1.29, 1.82) is 0 Å². The van der Waals surface area contributed by atoms with E-state index in [2.05, 4.69) is 0 Å². The van der Waals surface area contributed by atoms with Crippen LogP contribution < -0.4 is 9.47 Å². The number of hydrogen-bond acceptors (Lipinski definition) is 5. The van der Waals surface area contributed by atoms with E-state index in [1.54, 1.807) is 11.9 Å². The van der Waals surface area contributed by atoms with E-state index in [-0.39, 0.29) is 30.9 Å². The highest BCUT2D eigenvalue weighted by Crippen LogP contribution is 2.38. The Morgan fingerprint density at radius 1 is 1.19 bits per heavy atom. The number of benzene rings is 1. The quantitative estimate of drug-likeness (QED) is 0.753. The summed E-state index contributed by atoms with van der Waals surface area (Å²) in [5.74, 6) is 0.868. The van der Waals surface area contributed by atoms with Gasteiger partial charge in [0.05, 0.1) is 6.04 Å². The topological polar surface area (TPSA) is 79.4 Å². The van der Waals surface area contributed by atoms with Gasteiger partial charge in [0.15, 0.2) is 11.5 Å². The van der Waals surface area contributed by atoms with Crippen LogP contribution in [0, 0.1) is 0 Å². The monoisotopic (exact) mass is 359 g/mol. The van der Waals surface area contributed by atoms with Crippen LogP contribution in [-0.2, 0) is 9.59 Å². The molecule has 1 aromatic carbocycles. The summed E-state index contributed by atoms with van der Waals surface area (Å²) in [6, 6.07) is 5.24. The van der Waals surface area contributed by atoms with Gasteiger partial charge in [-0.1, -0.05) is 6.07 Å². The number of amides is 4. The third-order valence-corrected chi connectivity index (χ3v) is 5.05. The maximum Gasteiger partial charge on any atom is 0.327 e. The van der Waals surface area contributed by atoms with Gasteiger partial charge in [-0.05, 0) is 30.5 Å². The van der Waals surface area contributed by atoms with Crippen LogP contribution >= 0.6 is 0 Å². The van der Waals surface area contributed by atoms with Crippen molar-refractivity contribution in [3.8, 4) is 11.5 Å². The fourth-order valence-electron chi connectivity index (χ4n) is 3.73. The van der Waals surface area contributed by atoms with Gasteiger partial charge >= 0.3 is 6.03 Å². The SMILES string of the molecule is CN1CC(=O)N(CC(=O)N2CCC[C@@H]2c2ccc3c(c2)OCCO3)C1=O. The lowest BCUT2D eigenvalue weighted by Gasteiger charge is -2.28. The number of likely N-dealkylation sites (tertiary alicyclic amines) is 1. The molecule has 26 heavy (non-hydrogen) atoms. The second-order valence-corrected chi connectivity index (χ2v) is 6.77. The van der Waals surface area contributed by atoms with Crippen molar-refractivity contribution in [2.45, 2.75) is 18.9 Å². The summed E-state index contributed by atoms with van der Waals surface area (Å²) in [6.45, 7) is 1.48. The van der Waals surface area contributed by atoms with E-state index < -0.39 is 6.03 Å². The normalized spacial score (nSPS) is 22.3. The van der Waals surface area contributed by atoms with Gasteiger partial charge in [0, 0.05) is 13.6 Å². The van der Waals surface area contributed by atoms with Gasteiger partial charge in [-0.2, -0.15) is 0 Å². The van der Waals surface area contributed by atoms with E-state index in [4.69, 9.17) is 9.47 Å². The van der Waals surface area contributed by atoms with Crippen molar-refractivity contribution >= 4 is 17.8 Å². The van der Waals surface area contributed by atoms with Crippen molar-refractivity contribution in [2.75, 3.05) is 39.9 Å². The Balaban J connectivity index is 1.50. The fraction of sp³-hybridized carbons (Fsp3) is 0.500. The Labute approximate surface area is 151 Å². The largest absolute Gasteiger partial charge is 0.486 e. The third-order valence-electron chi connectivity index (χ3n) is 5.05. The van der Waals surface area contributed by atoms with Crippen LogP contribution in [0.2, 0.25) is 0 Å². The van der Waals surface area contributed by atoms with Crippen molar-refractivity contribution < 1.29 is 23.9 Å². The first kappa shape index (κ1) is 16.7. The molecule has 0 saturated carbocycles. The van der Waals surface area contributed by atoms with Crippen LogP contribution in [0.3, 0.4) is 0 Å². The van der Waals surface area contributed by atoms with Gasteiger partial charge in [-0.15, -0.1) is 0 Å². The number of nitrogens with zero attached hydrogens (tertiary/aromatic N) is 3. The number of hydrogen-bond donors (Lipinski definition) is 0. The molecule has 1 atom stereocenters. The second kappa shape index (κ2) is 6.51. The fourth-order valence-corrected chi connectivity index (χ4v) is 3.73. The average Bonchev–Trinajstić information content (AvgIpc) is 3.22. The molecule has 0 radical (unpaired) electrons. The highest BCUT2D eigenvalue weighted by Gasteiger charge is 2.38. The summed E-state index contributed by atoms with van der Waals surface area (Å²) in [5, 5.41) is 0. The van der Waals surface area contributed by atoms with Crippen molar-refractivity contribution in [3.05, 3.63) is 23.8 Å². The Kier molecular flexibility index (Phi) is 4.18. The van der Waals surface area contributed by atoms with Gasteiger partial charge in [-0.3, -0.25) is 14.5 Å². The second-order valence-electron chi connectivity index (χ2n) is 6.77. The van der Waals surface area contributed by atoms with Gasteiger partial charge in [0.1, 0.15) is 26.3 Å². The van der Waals surface area contributed by atoms with E-state index in [9.17, 15) is 14.4 Å². The highest BCUT2D eigenvalue weighted by molar-refractivity contribution is 6.04. The predicted molar refractivity (Wildman–Crippen MR) is 90.9 cm³/mol. The van der Waals surface area contributed by atoms with E-state index in [1.165, 1.54) is 4.90 Å². The molecule has 138 valence electrons. The number of likely N-dealkylation sites (N-methyl/N-ethyl adjacent to an activating group) is 1. The molecule has 3 aliphatic heterocycles. The van der Waals surface area contributed by atoms with Gasteiger partial charge in [-0.25, -0.2) is 4.79 Å². The molecule has 8 heteroatoms. The molecule has 8 nitrogen and oxygen atoms in total. The van der Waals surface area contributed by atoms with Crippen LogP contribution in [0.15, 0.2) is 18.2 Å². The number of ether oxygens (including phenoxy) is 2. The van der Waals surface area contributed by atoms with Crippen LogP contribution in [0.5, 0.6) is 11.5 Å². The molecule has 1 aromatic rings. The molecule has 0 aliphatic carbocycles. The minimum atomic E-state index is -0.418. The van der Waals surface area contributed by atoms with Gasteiger partial charge < -0.3 is 19.3 Å². The molecule has 2 saturated heterocycles. The Morgan fingerprint density at radius 2 is 1.96 bits per heavy atom. The standard InChI is InChI=1S/C18H21N3O5/c1-19-10-16(22)21(18(19)24)11-17(23)20-6-2-3-13(20)12-4-5-14-15(9-12)26-8-7-25-14/h4-5,9,13H,2-3,6-8,10-11H2,1H3/t13-/m1/s1. The molecular weight excluding hydrogens is 338 g/mol. The summed E-state index contributed by atoms with van der Waals surface area (Å²) in [4.78, 5) is 40.8. The molecule has 3 heterocycles. The zero-order chi connectivity index (χ0) is 18.3. The lowest BCUT2D eigenvalue weighted by Crippen LogP contribution is -2.43. The van der Waals surface area contributed by atoms with Crippen LogP contribution in [0.4, 0.5) is 4.79 Å². The van der Waals surface area contributed by atoms with Crippen LogP contribution in [0.1, 0.15) is 24.4 Å². The zero-order valence-electron chi connectivity index (χ0n) is 14.6. The Bertz CT molecular complexity index is 765. The number of carbonyl (C=O) groups is 3. The summed E-state index contributed by atoms with van der Waals surface area (Å²) in [5.41, 5.74) is 0.983. The number of imide groups is 1. The summed E-state index contributed by atoms with van der Waals surface area (Å²) >= 11 is 0. The Morgan fingerprint density at radius 3 is 2.69 bits per heavy atom. The molecule has 3 aliphatic rings. The number of urea groups is 1. The van der Waals surface area contributed by atoms with Crippen molar-refractivity contribution in [2.24, 2.45) is 0 Å². The van der Waals surface area contributed by atoms with Gasteiger partial charge in [0.25, 0.3) is 5.91 Å². The molecular formula is C18H21N3O5. The maximum atomic E-state index is 12.8. The van der Waals surface area contributed by atoms with E-state index in [0.717, 1.165) is 23.3 Å². The molecule has 0 aromatic heterocycles. The first-order valence-electron chi connectivity index (χ1n) is 8.79. The average molecular weight is 359 g/mol. The highest BCUT2D eigenvalue weighted by atomic mass is 16.6. The minimum absolute atomic E-state index is 0.0255. The van der Waals surface area contributed by atoms with Crippen LogP contribution in [0.25, 0.3) is 0 Å². The molecule has 0 N–H and O–H groups in total. The minimum Gasteiger partial charge on any atom is -0.486 e. The first-order valence-corrected chi connectivity index (χ1v) is 8.79. The number of rotatable bonds is 3. The number of fused-ring (bicyclic) bond motifs is 1. The molecule has 4 rings (SSSR count). The van der Waals surface area contributed by atoms with E-state index >= 15 is 0 Å². The lowest BCUT2D eigenvalue weighted by atomic mass is 10.0. The third kappa shape index (κ3) is 2.85. The first-order chi connectivity index (χ1) is 12.5. The Hall–Kier alpha value is -2.77. The summed E-state index contributed by atoms with van der Waals surface area (Å²) < 4.78 is 11.2. The molecule has 4 amide bonds. The summed E-state index contributed by atoms with van der Waals surface area (Å²) in [6.07, 6.45) is 1.72. The van der Waals surface area contributed by atoms with Crippen LogP contribution in [-0.4, -0.2) is 72.4 Å². The van der Waals surface area contributed by atoms with E-state index in [0.29, 0.717) is 31.3 Å². The zero-order valence-corrected chi connectivity index (χ0v) is 14.6. The van der Waals surface area contributed by atoms with Crippen molar-refractivity contribution in [3.63, 3.8) is 0 Å². The molecule has 0 bridgehead atoms. The predicted octanol–water partition coefficient (Wildman–Crippen LogP) is 1.02. The smallest absolute Gasteiger partial charge is 0.327 e. The summed E-state index contributed by atoms with van der Waals surface area (Å²) in [7, 11) is 1.55. The molecule has 2 fully saturated rings. The van der Waals surface area contributed by atoms with Gasteiger partial charge in [0.2, 0.25) is 5.91 Å². The van der Waals surface area contributed by atoms with E-state index in [1.807, 2.05) is 18.2 Å². The molecule has 0 unspecified atom stereocenters. The maximum absolute atomic E-state index is 12.8. The lowest BCUT2D eigenvalue weighted by molar-refractivity contribution is -0.137. The molecule has 0 spiro atoms. The number of carbonyl (C=O) groups excluding carboxylic acids is 3.